The third-order valence-corrected chi connectivity index (χ3v) is 8.36. The maximum Gasteiger partial charge on any atom is 0.147 e. The number of fused-ring (bicyclic) bond motifs is 5. The summed E-state index contributed by atoms with van der Waals surface area (Å²) in [6.07, 6.45) is 11.8. The monoisotopic (exact) mass is 346 g/mol. The minimum absolute atomic E-state index is 0.0132. The average Bonchev–Trinajstić information content (AvgIpc) is 2.90. The van der Waals surface area contributed by atoms with Gasteiger partial charge in [0, 0.05) is 18.4 Å². The van der Waals surface area contributed by atoms with Crippen molar-refractivity contribution in [3.05, 3.63) is 11.6 Å². The van der Waals surface area contributed by atoms with E-state index in [1.165, 1.54) is 19.3 Å². The lowest BCUT2D eigenvalue weighted by molar-refractivity contribution is -0.132. The Balaban J connectivity index is 1.51. The van der Waals surface area contributed by atoms with Gasteiger partial charge in [0.05, 0.1) is 6.10 Å². The summed E-state index contributed by atoms with van der Waals surface area (Å²) >= 11 is 0. The predicted molar refractivity (Wildman–Crippen MR) is 98.1 cm³/mol. The number of allylic oxidation sites excluding steroid dienone is 1. The van der Waals surface area contributed by atoms with Crippen molar-refractivity contribution >= 4 is 5.78 Å². The molecule has 0 radical (unpaired) electrons. The van der Waals surface area contributed by atoms with Crippen LogP contribution in [0.1, 0.15) is 72.1 Å². The smallest absolute Gasteiger partial charge is 0.147 e. The van der Waals surface area contributed by atoms with Crippen molar-refractivity contribution in [1.82, 2.24) is 0 Å². The van der Waals surface area contributed by atoms with Gasteiger partial charge in [0.2, 0.25) is 0 Å². The van der Waals surface area contributed by atoms with Crippen LogP contribution in [0.3, 0.4) is 0 Å². The fourth-order valence-electron chi connectivity index (χ4n) is 6.77. The molecule has 0 aromatic carbocycles. The SMILES string of the molecule is CCOCO[C@H]1CC[C@@]2(C)C(=CC[C@@H]3[C@@H]2CC[C@]2(C)C(=O)CC[C@@H]32)C1. The van der Waals surface area contributed by atoms with Crippen molar-refractivity contribution < 1.29 is 14.3 Å². The minimum atomic E-state index is -0.0132. The van der Waals surface area contributed by atoms with E-state index in [-0.39, 0.29) is 5.41 Å². The highest BCUT2D eigenvalue weighted by atomic mass is 16.7. The van der Waals surface area contributed by atoms with Crippen molar-refractivity contribution in [2.24, 2.45) is 28.6 Å². The summed E-state index contributed by atoms with van der Waals surface area (Å²) in [6, 6.07) is 0. The van der Waals surface area contributed by atoms with E-state index in [2.05, 4.69) is 19.9 Å². The second kappa shape index (κ2) is 6.49. The summed E-state index contributed by atoms with van der Waals surface area (Å²) in [5.74, 6) is 2.66. The normalized spacial score (nSPS) is 46.2. The van der Waals surface area contributed by atoms with Crippen molar-refractivity contribution in [3.8, 4) is 0 Å². The van der Waals surface area contributed by atoms with Gasteiger partial charge in [-0.15, -0.1) is 0 Å². The molecule has 0 bridgehead atoms. The molecule has 25 heavy (non-hydrogen) atoms. The highest BCUT2D eigenvalue weighted by Gasteiger charge is 2.58. The van der Waals surface area contributed by atoms with Gasteiger partial charge in [-0.2, -0.15) is 0 Å². The van der Waals surface area contributed by atoms with Crippen LogP contribution in [0, 0.1) is 28.6 Å². The maximum atomic E-state index is 12.5. The van der Waals surface area contributed by atoms with Gasteiger partial charge in [-0.3, -0.25) is 4.79 Å². The van der Waals surface area contributed by atoms with Crippen molar-refractivity contribution in [3.63, 3.8) is 0 Å². The fraction of sp³-hybridized carbons (Fsp3) is 0.864. The lowest BCUT2D eigenvalue weighted by Crippen LogP contribution is -2.50. The van der Waals surface area contributed by atoms with Crippen LogP contribution in [0.15, 0.2) is 11.6 Å². The molecular formula is C22H34O3. The molecule has 0 saturated heterocycles. The molecule has 3 fully saturated rings. The summed E-state index contributed by atoms with van der Waals surface area (Å²) in [7, 11) is 0. The lowest BCUT2D eigenvalue weighted by Gasteiger charge is -2.57. The number of rotatable bonds is 4. The molecule has 0 aromatic heterocycles. The molecule has 0 aliphatic heterocycles. The Bertz CT molecular complexity index is 568. The number of hydrogen-bond donors (Lipinski definition) is 0. The molecule has 0 N–H and O–H groups in total. The first-order valence-corrected chi connectivity index (χ1v) is 10.4. The predicted octanol–water partition coefficient (Wildman–Crippen LogP) is 4.90. The largest absolute Gasteiger partial charge is 0.356 e. The summed E-state index contributed by atoms with van der Waals surface area (Å²) in [5, 5.41) is 0. The number of ether oxygens (including phenoxy) is 2. The Kier molecular flexibility index (Phi) is 4.60. The van der Waals surface area contributed by atoms with Gasteiger partial charge in [0.25, 0.3) is 0 Å². The molecule has 3 nitrogen and oxygen atoms in total. The van der Waals surface area contributed by atoms with Crippen LogP contribution in [0.25, 0.3) is 0 Å². The Morgan fingerprint density at radius 3 is 2.68 bits per heavy atom. The zero-order valence-corrected chi connectivity index (χ0v) is 16.2. The molecule has 0 spiro atoms. The molecular weight excluding hydrogens is 312 g/mol. The average molecular weight is 347 g/mol. The number of hydrogen-bond acceptors (Lipinski definition) is 3. The molecule has 3 heteroatoms. The molecule has 0 amide bonds. The third kappa shape index (κ3) is 2.73. The van der Waals surface area contributed by atoms with E-state index in [0.717, 1.165) is 50.5 Å². The molecule has 0 aromatic rings. The molecule has 0 unspecified atom stereocenters. The van der Waals surface area contributed by atoms with Gasteiger partial charge in [0.15, 0.2) is 0 Å². The number of ketones is 1. The van der Waals surface area contributed by atoms with E-state index < -0.39 is 0 Å². The van der Waals surface area contributed by atoms with Gasteiger partial charge < -0.3 is 9.47 Å². The second-order valence-corrected chi connectivity index (χ2v) is 9.32. The van der Waals surface area contributed by atoms with Crippen molar-refractivity contribution in [2.75, 3.05) is 13.4 Å². The van der Waals surface area contributed by atoms with Gasteiger partial charge in [0.1, 0.15) is 12.6 Å². The van der Waals surface area contributed by atoms with E-state index in [1.54, 1.807) is 5.57 Å². The third-order valence-electron chi connectivity index (χ3n) is 8.36. The lowest BCUT2D eigenvalue weighted by atomic mass is 9.48. The number of carbonyl (C=O) groups excluding carboxylic acids is 1. The zero-order valence-electron chi connectivity index (χ0n) is 16.2. The van der Waals surface area contributed by atoms with Crippen LogP contribution >= 0.6 is 0 Å². The molecule has 140 valence electrons. The Labute approximate surface area is 152 Å². The standard InChI is InChI=1S/C22H34O3/c1-4-24-14-25-16-9-11-21(2)15(13-16)5-6-17-18-7-8-20(23)22(18,3)12-10-19(17)21/h5,16-19H,4,6-14H2,1-3H3/t16-,17-,18-,19-,21-,22-/m0/s1. The van der Waals surface area contributed by atoms with Gasteiger partial charge in [-0.25, -0.2) is 0 Å². The van der Waals surface area contributed by atoms with Gasteiger partial charge >= 0.3 is 0 Å². The summed E-state index contributed by atoms with van der Waals surface area (Å²) < 4.78 is 11.3. The van der Waals surface area contributed by atoms with Gasteiger partial charge in [-0.05, 0) is 75.0 Å². The molecule has 3 saturated carbocycles. The van der Waals surface area contributed by atoms with Crippen molar-refractivity contribution in [2.45, 2.75) is 78.2 Å². The van der Waals surface area contributed by atoms with Crippen LogP contribution in [0.5, 0.6) is 0 Å². The van der Waals surface area contributed by atoms with E-state index in [9.17, 15) is 4.79 Å². The summed E-state index contributed by atoms with van der Waals surface area (Å²) in [5.41, 5.74) is 1.96. The van der Waals surface area contributed by atoms with E-state index in [4.69, 9.17) is 9.47 Å². The highest BCUT2D eigenvalue weighted by molar-refractivity contribution is 5.87. The van der Waals surface area contributed by atoms with E-state index in [0.29, 0.717) is 30.0 Å². The minimum Gasteiger partial charge on any atom is -0.356 e. The maximum absolute atomic E-state index is 12.5. The Morgan fingerprint density at radius 2 is 1.88 bits per heavy atom. The number of carbonyl (C=O) groups is 1. The molecule has 0 heterocycles. The summed E-state index contributed by atoms with van der Waals surface area (Å²) in [4.78, 5) is 12.5. The van der Waals surface area contributed by atoms with Crippen molar-refractivity contribution in [1.29, 1.82) is 0 Å². The van der Waals surface area contributed by atoms with Crippen LogP contribution in [0.4, 0.5) is 0 Å². The molecule has 6 atom stereocenters. The highest BCUT2D eigenvalue weighted by Crippen LogP contribution is 2.64. The molecule has 4 rings (SSSR count). The first-order chi connectivity index (χ1) is 12.0. The van der Waals surface area contributed by atoms with E-state index >= 15 is 0 Å². The first kappa shape index (κ1) is 17.7. The van der Waals surface area contributed by atoms with Crippen LogP contribution < -0.4 is 0 Å². The first-order valence-electron chi connectivity index (χ1n) is 10.4. The molecule has 4 aliphatic rings. The second-order valence-electron chi connectivity index (χ2n) is 9.32. The molecule has 4 aliphatic carbocycles. The Hall–Kier alpha value is -0.670. The van der Waals surface area contributed by atoms with Crippen LogP contribution in [-0.2, 0) is 14.3 Å². The van der Waals surface area contributed by atoms with Crippen LogP contribution in [0.2, 0.25) is 0 Å². The van der Waals surface area contributed by atoms with Gasteiger partial charge in [-0.1, -0.05) is 25.5 Å². The van der Waals surface area contributed by atoms with Crippen LogP contribution in [-0.4, -0.2) is 25.3 Å². The quantitative estimate of drug-likeness (QED) is 0.413. The fourth-order valence-corrected chi connectivity index (χ4v) is 6.77. The summed E-state index contributed by atoms with van der Waals surface area (Å²) in [6.45, 7) is 7.93. The number of Topliss-reactive ketones (excluding diaryl/α,β-unsaturated/α-hetero) is 1. The topological polar surface area (TPSA) is 35.5 Å². The Morgan fingerprint density at radius 1 is 1.12 bits per heavy atom. The van der Waals surface area contributed by atoms with E-state index in [1.807, 2.05) is 6.92 Å². The zero-order chi connectivity index (χ0) is 17.7.